The maximum atomic E-state index is 11.3. The lowest BCUT2D eigenvalue weighted by Crippen LogP contribution is -2.30. The van der Waals surface area contributed by atoms with E-state index in [4.69, 9.17) is 0 Å². The molecule has 0 bridgehead atoms. The van der Waals surface area contributed by atoms with Gasteiger partial charge < -0.3 is 5.32 Å². The minimum Gasteiger partial charge on any atom is -0.348 e. The molecule has 0 aliphatic rings. The monoisotopic (exact) mass is 292 g/mol. The molecule has 0 spiro atoms. The number of rotatable bonds is 4. The van der Waals surface area contributed by atoms with Crippen molar-refractivity contribution in [2.24, 2.45) is 0 Å². The Morgan fingerprint density at radius 1 is 1.38 bits per heavy atom. The van der Waals surface area contributed by atoms with Crippen molar-refractivity contribution < 1.29 is 4.79 Å². The van der Waals surface area contributed by atoms with Crippen LogP contribution in [0.1, 0.15) is 10.6 Å². The van der Waals surface area contributed by atoms with Crippen LogP contribution in [-0.2, 0) is 0 Å². The van der Waals surface area contributed by atoms with Crippen molar-refractivity contribution in [3.63, 3.8) is 0 Å². The van der Waals surface area contributed by atoms with E-state index >= 15 is 0 Å². The number of nitrogens with one attached hydrogen (secondary N) is 2. The molecule has 0 unspecified atom stereocenters. The van der Waals surface area contributed by atoms with E-state index in [-0.39, 0.29) is 11.7 Å². The summed E-state index contributed by atoms with van der Waals surface area (Å²) in [5, 5.41) is 2.67. The molecular weight excluding hydrogens is 283 g/mol. The number of aromatic nitrogens is 2. The fourth-order valence-corrected chi connectivity index (χ4v) is 0.988. The van der Waals surface area contributed by atoms with Gasteiger partial charge >= 0.3 is 0 Å². The third-order valence-corrected chi connectivity index (χ3v) is 1.81. The van der Waals surface area contributed by atoms with Crippen LogP contribution in [0.4, 0.5) is 0 Å². The van der Waals surface area contributed by atoms with E-state index in [1.165, 1.54) is 0 Å². The highest BCUT2D eigenvalue weighted by Gasteiger charge is 2.05. The van der Waals surface area contributed by atoms with Crippen LogP contribution in [0.5, 0.6) is 0 Å². The van der Waals surface area contributed by atoms with Crippen LogP contribution < -0.4 is 8.85 Å². The predicted octanol–water partition coefficient (Wildman–Crippen LogP) is 0.146. The molecule has 0 fully saturated rings. The van der Waals surface area contributed by atoms with Crippen LogP contribution in [0, 0.1) is 0 Å². The first-order chi connectivity index (χ1) is 6.34. The second-order valence-corrected chi connectivity index (χ2v) is 2.97. The zero-order valence-electron chi connectivity index (χ0n) is 6.83. The van der Waals surface area contributed by atoms with Gasteiger partial charge in [-0.15, -0.1) is 0 Å². The van der Waals surface area contributed by atoms with E-state index in [1.807, 2.05) is 22.9 Å². The summed E-state index contributed by atoms with van der Waals surface area (Å²) in [5.74, 6) is -0.0387. The number of nitrogens with zero attached hydrogens (tertiary/aromatic N) is 2. The Morgan fingerprint density at radius 2 is 2.08 bits per heavy atom. The first-order valence-electron chi connectivity index (χ1n) is 3.73. The Labute approximate surface area is 89.8 Å². The Morgan fingerprint density at radius 3 is 2.69 bits per heavy atom. The van der Waals surface area contributed by atoms with E-state index in [2.05, 4.69) is 18.8 Å². The zero-order valence-corrected chi connectivity index (χ0v) is 8.98. The van der Waals surface area contributed by atoms with Crippen LogP contribution in [0.3, 0.4) is 0 Å². The van der Waals surface area contributed by atoms with Gasteiger partial charge in [-0.2, -0.15) is 0 Å². The molecule has 0 saturated heterocycles. The van der Waals surface area contributed by atoms with Gasteiger partial charge in [0.1, 0.15) is 0 Å². The fraction of sp³-hybridized carbons (Fsp3) is 0.286. The highest BCUT2D eigenvalue weighted by atomic mass is 127. The number of carbonyl (C=O) groups is 1. The van der Waals surface area contributed by atoms with Gasteiger partial charge in [-0.1, -0.05) is 0 Å². The molecule has 0 aliphatic heterocycles. The molecule has 70 valence electrons. The first kappa shape index (κ1) is 10.3. The Kier molecular flexibility index (Phi) is 4.61. The molecule has 1 amide bonds. The highest BCUT2D eigenvalue weighted by Crippen LogP contribution is 1.85. The van der Waals surface area contributed by atoms with Crippen LogP contribution in [0.2, 0.25) is 0 Å². The van der Waals surface area contributed by atoms with Crippen molar-refractivity contribution in [1.29, 1.82) is 0 Å². The van der Waals surface area contributed by atoms with Gasteiger partial charge in [0, 0.05) is 48.3 Å². The summed E-state index contributed by atoms with van der Waals surface area (Å²) < 4.78 is 2.89. The van der Waals surface area contributed by atoms with Gasteiger partial charge in [-0.05, 0) is 6.07 Å². The molecule has 13 heavy (non-hydrogen) atoms. The number of hydrogen-bond donors (Lipinski definition) is 2. The maximum absolute atomic E-state index is 11.3. The number of hydrogen-bond acceptors (Lipinski definition) is 4. The summed E-state index contributed by atoms with van der Waals surface area (Å²) in [6, 6.07) is 1.67. The number of carbonyl (C=O) groups excluding carboxylic acids is 1. The number of amides is 1. The molecule has 0 aromatic carbocycles. The first-order valence-corrected chi connectivity index (χ1v) is 4.81. The quantitative estimate of drug-likeness (QED) is 0.471. The lowest BCUT2D eigenvalue weighted by molar-refractivity contribution is 0.0944. The summed E-state index contributed by atoms with van der Waals surface area (Å²) in [6.45, 7) is 1.29. The van der Waals surface area contributed by atoms with Gasteiger partial charge in [0.15, 0.2) is 0 Å². The summed E-state index contributed by atoms with van der Waals surface area (Å²) in [4.78, 5) is 18.9. The second kappa shape index (κ2) is 5.81. The van der Waals surface area contributed by atoms with Crippen molar-refractivity contribution in [3.05, 3.63) is 24.3 Å². The van der Waals surface area contributed by atoms with Crippen molar-refractivity contribution in [2.45, 2.75) is 0 Å². The average Bonchev–Trinajstić information content (AvgIpc) is 2.19. The smallest absolute Gasteiger partial charge is 0.289 e. The van der Waals surface area contributed by atoms with Crippen LogP contribution in [0.25, 0.3) is 0 Å². The van der Waals surface area contributed by atoms with E-state index in [9.17, 15) is 4.79 Å². The third kappa shape index (κ3) is 3.64. The summed E-state index contributed by atoms with van der Waals surface area (Å²) in [6.07, 6.45) is 3.08. The average molecular weight is 292 g/mol. The van der Waals surface area contributed by atoms with Crippen molar-refractivity contribution >= 4 is 28.8 Å². The van der Waals surface area contributed by atoms with Gasteiger partial charge in [-0.3, -0.25) is 8.32 Å². The molecule has 1 rings (SSSR count). The lowest BCUT2D eigenvalue weighted by Gasteiger charge is -2.01. The molecule has 0 aliphatic carbocycles. The van der Waals surface area contributed by atoms with E-state index < -0.39 is 0 Å². The van der Waals surface area contributed by atoms with Crippen LogP contribution in [0.15, 0.2) is 18.5 Å². The Hall–Kier alpha value is -0.760. The maximum Gasteiger partial charge on any atom is 0.289 e. The molecule has 0 radical (unpaired) electrons. The van der Waals surface area contributed by atoms with Gasteiger partial charge in [0.2, 0.25) is 5.82 Å². The largest absolute Gasteiger partial charge is 0.348 e. The van der Waals surface area contributed by atoms with Gasteiger partial charge in [0.25, 0.3) is 5.91 Å². The molecule has 6 heteroatoms. The highest BCUT2D eigenvalue weighted by molar-refractivity contribution is 14.1. The summed E-state index contributed by atoms with van der Waals surface area (Å²) in [7, 11) is 0. The van der Waals surface area contributed by atoms with Crippen molar-refractivity contribution in [1.82, 2.24) is 18.8 Å². The standard InChI is InChI=1S/C7H9IN4O/c8-12-5-4-11-7(13)6-9-2-1-3-10-6/h1-3,12H,4-5H2,(H,11,13). The summed E-state index contributed by atoms with van der Waals surface area (Å²) >= 11 is 2.02. The molecule has 1 aromatic rings. The molecule has 2 N–H and O–H groups in total. The molecule has 0 saturated carbocycles. The van der Waals surface area contributed by atoms with Crippen LogP contribution >= 0.6 is 22.9 Å². The predicted molar refractivity (Wildman–Crippen MR) is 56.4 cm³/mol. The minimum atomic E-state index is -0.243. The molecule has 1 heterocycles. The fourth-order valence-electron chi connectivity index (χ4n) is 0.719. The summed E-state index contributed by atoms with van der Waals surface area (Å²) in [5.41, 5.74) is 0. The molecule has 5 nitrogen and oxygen atoms in total. The zero-order chi connectivity index (χ0) is 9.52. The Balaban J connectivity index is 2.40. The lowest BCUT2D eigenvalue weighted by atomic mass is 10.5. The number of halogens is 1. The van der Waals surface area contributed by atoms with E-state index in [1.54, 1.807) is 18.5 Å². The van der Waals surface area contributed by atoms with E-state index in [0.29, 0.717) is 6.54 Å². The van der Waals surface area contributed by atoms with Crippen molar-refractivity contribution in [3.8, 4) is 0 Å². The Bertz CT molecular complexity index is 266. The van der Waals surface area contributed by atoms with Gasteiger partial charge in [0.05, 0.1) is 0 Å². The molecule has 1 aromatic heterocycles. The molecule has 0 atom stereocenters. The minimum absolute atomic E-state index is 0.205. The normalized spacial score (nSPS) is 9.62. The molecular formula is C7H9IN4O. The van der Waals surface area contributed by atoms with E-state index in [0.717, 1.165) is 6.54 Å². The van der Waals surface area contributed by atoms with Crippen molar-refractivity contribution in [2.75, 3.05) is 13.1 Å². The SMILES string of the molecule is O=C(NCCNI)c1ncccn1. The second-order valence-electron chi connectivity index (χ2n) is 2.21. The van der Waals surface area contributed by atoms with Gasteiger partial charge in [-0.25, -0.2) is 9.97 Å². The van der Waals surface area contributed by atoms with Crippen LogP contribution in [-0.4, -0.2) is 29.0 Å². The topological polar surface area (TPSA) is 66.9 Å². The third-order valence-electron chi connectivity index (χ3n) is 1.27.